The lowest BCUT2D eigenvalue weighted by atomic mass is 9.96. The lowest BCUT2D eigenvalue weighted by molar-refractivity contribution is -0.146. The SMILES string of the molecule is O=C(COC(c1ccccc1)c1ccccc1)N1CCCC(C(=O)N2CCOCC2)C1. The van der Waals surface area contributed by atoms with Gasteiger partial charge in [-0.3, -0.25) is 9.59 Å². The van der Waals surface area contributed by atoms with E-state index in [1.54, 1.807) is 4.90 Å². The normalized spacial score (nSPS) is 19.5. The Kier molecular flexibility index (Phi) is 7.33. The van der Waals surface area contributed by atoms with Crippen molar-refractivity contribution >= 4 is 11.8 Å². The van der Waals surface area contributed by atoms with Crippen molar-refractivity contribution in [1.82, 2.24) is 9.80 Å². The molecule has 2 fully saturated rings. The van der Waals surface area contributed by atoms with Gasteiger partial charge in [-0.15, -0.1) is 0 Å². The average molecular weight is 423 g/mol. The van der Waals surface area contributed by atoms with Gasteiger partial charge < -0.3 is 19.3 Å². The molecular formula is C25H30N2O4. The third kappa shape index (κ3) is 5.51. The van der Waals surface area contributed by atoms with Crippen LogP contribution in [0.5, 0.6) is 0 Å². The summed E-state index contributed by atoms with van der Waals surface area (Å²) in [4.78, 5) is 29.5. The Bertz CT molecular complexity index is 813. The smallest absolute Gasteiger partial charge is 0.248 e. The second-order valence-corrected chi connectivity index (χ2v) is 8.13. The fourth-order valence-electron chi connectivity index (χ4n) is 4.33. The molecule has 0 aliphatic carbocycles. The van der Waals surface area contributed by atoms with Crippen LogP contribution < -0.4 is 0 Å². The molecule has 0 aromatic heterocycles. The number of nitrogens with zero attached hydrogens (tertiary/aromatic N) is 2. The van der Waals surface area contributed by atoms with Gasteiger partial charge in [0, 0.05) is 26.2 Å². The van der Waals surface area contributed by atoms with Gasteiger partial charge in [0.25, 0.3) is 0 Å². The van der Waals surface area contributed by atoms with Crippen molar-refractivity contribution in [2.24, 2.45) is 5.92 Å². The van der Waals surface area contributed by atoms with Crippen molar-refractivity contribution in [3.63, 3.8) is 0 Å². The first kappa shape index (κ1) is 21.5. The molecule has 0 saturated carbocycles. The third-order valence-electron chi connectivity index (χ3n) is 6.02. The van der Waals surface area contributed by atoms with Gasteiger partial charge in [0.05, 0.1) is 19.1 Å². The van der Waals surface area contributed by atoms with Crippen LogP contribution in [0, 0.1) is 5.92 Å². The van der Waals surface area contributed by atoms with Crippen LogP contribution in [0.4, 0.5) is 0 Å². The monoisotopic (exact) mass is 422 g/mol. The van der Waals surface area contributed by atoms with Gasteiger partial charge >= 0.3 is 0 Å². The number of hydrogen-bond donors (Lipinski definition) is 0. The molecule has 0 N–H and O–H groups in total. The summed E-state index contributed by atoms with van der Waals surface area (Å²) in [7, 11) is 0. The van der Waals surface area contributed by atoms with E-state index < -0.39 is 0 Å². The van der Waals surface area contributed by atoms with Crippen LogP contribution in [0.2, 0.25) is 0 Å². The number of ether oxygens (including phenoxy) is 2. The Hall–Kier alpha value is -2.70. The molecule has 2 saturated heterocycles. The van der Waals surface area contributed by atoms with Crippen molar-refractivity contribution in [1.29, 1.82) is 0 Å². The van der Waals surface area contributed by atoms with E-state index in [4.69, 9.17) is 9.47 Å². The topological polar surface area (TPSA) is 59.1 Å². The fourth-order valence-corrected chi connectivity index (χ4v) is 4.33. The van der Waals surface area contributed by atoms with Gasteiger partial charge in [-0.2, -0.15) is 0 Å². The Morgan fingerprint density at radius 2 is 1.52 bits per heavy atom. The number of likely N-dealkylation sites (tertiary alicyclic amines) is 1. The first-order valence-electron chi connectivity index (χ1n) is 11.1. The van der Waals surface area contributed by atoms with Crippen LogP contribution in [0.15, 0.2) is 60.7 Å². The molecule has 31 heavy (non-hydrogen) atoms. The number of hydrogen-bond acceptors (Lipinski definition) is 4. The number of piperidine rings is 1. The summed E-state index contributed by atoms with van der Waals surface area (Å²) < 4.78 is 11.5. The van der Waals surface area contributed by atoms with E-state index in [1.807, 2.05) is 65.6 Å². The largest absolute Gasteiger partial charge is 0.378 e. The third-order valence-corrected chi connectivity index (χ3v) is 6.02. The maximum atomic E-state index is 13.0. The van der Waals surface area contributed by atoms with Crippen molar-refractivity contribution < 1.29 is 19.1 Å². The highest BCUT2D eigenvalue weighted by Crippen LogP contribution is 2.26. The predicted octanol–water partition coefficient (Wildman–Crippen LogP) is 2.89. The molecule has 0 spiro atoms. The highest BCUT2D eigenvalue weighted by molar-refractivity contribution is 5.82. The summed E-state index contributed by atoms with van der Waals surface area (Å²) in [6, 6.07) is 19.9. The molecule has 2 aromatic carbocycles. The molecule has 4 rings (SSSR count). The number of morpholine rings is 1. The minimum atomic E-state index is -0.304. The minimum absolute atomic E-state index is 0.00702. The second-order valence-electron chi connectivity index (χ2n) is 8.13. The zero-order valence-corrected chi connectivity index (χ0v) is 17.8. The summed E-state index contributed by atoms with van der Waals surface area (Å²) in [6.45, 7) is 3.61. The van der Waals surface area contributed by atoms with Gasteiger partial charge in [0.2, 0.25) is 11.8 Å². The van der Waals surface area contributed by atoms with Crippen LogP contribution in [-0.2, 0) is 19.1 Å². The van der Waals surface area contributed by atoms with Crippen LogP contribution in [0.1, 0.15) is 30.1 Å². The molecule has 6 nitrogen and oxygen atoms in total. The van der Waals surface area contributed by atoms with E-state index in [0.717, 1.165) is 24.0 Å². The van der Waals surface area contributed by atoms with E-state index in [-0.39, 0.29) is 30.4 Å². The Morgan fingerprint density at radius 1 is 0.903 bits per heavy atom. The summed E-state index contributed by atoms with van der Waals surface area (Å²) in [5.41, 5.74) is 2.03. The lowest BCUT2D eigenvalue weighted by Gasteiger charge is -2.36. The Balaban J connectivity index is 1.38. The van der Waals surface area contributed by atoms with Crippen molar-refractivity contribution in [3.8, 4) is 0 Å². The van der Waals surface area contributed by atoms with Gasteiger partial charge in [-0.05, 0) is 24.0 Å². The molecule has 0 radical (unpaired) electrons. The van der Waals surface area contributed by atoms with E-state index >= 15 is 0 Å². The van der Waals surface area contributed by atoms with Crippen LogP contribution in [0.25, 0.3) is 0 Å². The van der Waals surface area contributed by atoms with Gasteiger partial charge in [-0.25, -0.2) is 0 Å². The zero-order valence-electron chi connectivity index (χ0n) is 17.8. The highest BCUT2D eigenvalue weighted by atomic mass is 16.5. The first-order chi connectivity index (χ1) is 15.2. The number of rotatable bonds is 6. The number of carbonyl (C=O) groups is 2. The number of benzene rings is 2. The second kappa shape index (κ2) is 10.6. The lowest BCUT2D eigenvalue weighted by Crippen LogP contribution is -2.50. The average Bonchev–Trinajstić information content (AvgIpc) is 2.85. The maximum absolute atomic E-state index is 13.0. The fraction of sp³-hybridized carbons (Fsp3) is 0.440. The molecule has 2 aromatic rings. The van der Waals surface area contributed by atoms with Crippen molar-refractivity contribution in [3.05, 3.63) is 71.8 Å². The quantitative estimate of drug-likeness (QED) is 0.718. The summed E-state index contributed by atoms with van der Waals surface area (Å²) in [5.74, 6) is -0.0423. The van der Waals surface area contributed by atoms with Crippen molar-refractivity contribution in [2.75, 3.05) is 46.0 Å². The molecule has 6 heteroatoms. The van der Waals surface area contributed by atoms with Crippen LogP contribution >= 0.6 is 0 Å². The first-order valence-corrected chi connectivity index (χ1v) is 11.1. The van der Waals surface area contributed by atoms with E-state index in [2.05, 4.69) is 0 Å². The van der Waals surface area contributed by atoms with Gasteiger partial charge in [0.15, 0.2) is 0 Å². The van der Waals surface area contributed by atoms with E-state index in [1.165, 1.54) is 0 Å². The highest BCUT2D eigenvalue weighted by Gasteiger charge is 2.32. The Morgan fingerprint density at radius 3 is 2.13 bits per heavy atom. The predicted molar refractivity (Wildman–Crippen MR) is 117 cm³/mol. The molecule has 2 aliphatic rings. The summed E-state index contributed by atoms with van der Waals surface area (Å²) in [6.07, 6.45) is 1.37. The number of amides is 2. The van der Waals surface area contributed by atoms with Crippen LogP contribution in [0.3, 0.4) is 0 Å². The zero-order chi connectivity index (χ0) is 21.5. The van der Waals surface area contributed by atoms with E-state index in [9.17, 15) is 9.59 Å². The summed E-state index contributed by atoms with van der Waals surface area (Å²) in [5, 5.41) is 0. The standard InChI is InChI=1S/C25H30N2O4/c28-23(27-13-7-12-22(18-27)25(29)26-14-16-30-17-15-26)19-31-24(20-8-3-1-4-9-20)21-10-5-2-6-11-21/h1-6,8-11,22,24H,7,12-19H2. The molecule has 2 heterocycles. The Labute approximate surface area is 183 Å². The van der Waals surface area contributed by atoms with Crippen molar-refractivity contribution in [2.45, 2.75) is 18.9 Å². The molecule has 2 aliphatic heterocycles. The minimum Gasteiger partial charge on any atom is -0.378 e. The molecule has 1 unspecified atom stereocenters. The maximum Gasteiger partial charge on any atom is 0.248 e. The molecule has 0 bridgehead atoms. The van der Waals surface area contributed by atoms with Crippen LogP contribution in [-0.4, -0.2) is 67.6 Å². The van der Waals surface area contributed by atoms with E-state index in [0.29, 0.717) is 39.4 Å². The molecule has 2 amide bonds. The van der Waals surface area contributed by atoms with Gasteiger partial charge in [-0.1, -0.05) is 60.7 Å². The number of carbonyl (C=O) groups excluding carboxylic acids is 2. The molecule has 1 atom stereocenters. The molecule has 164 valence electrons. The van der Waals surface area contributed by atoms with Gasteiger partial charge in [0.1, 0.15) is 12.7 Å². The molecular weight excluding hydrogens is 392 g/mol. The summed E-state index contributed by atoms with van der Waals surface area (Å²) >= 11 is 0.